The maximum Gasteiger partial charge on any atom is -0.0178 e. The molecular formula is C30H26. The Balaban J connectivity index is 1.49. The van der Waals surface area contributed by atoms with Crippen LogP contribution in [0.25, 0.3) is 33.7 Å². The molecule has 1 aliphatic carbocycles. The van der Waals surface area contributed by atoms with Gasteiger partial charge in [0.25, 0.3) is 0 Å². The standard InChI is InChI=1S/C30H26/c1-22-27(18-23-14-16-25-8-2-6-12-29(25)20-23)10-4-5-11-28(22)19-24-15-17-26-9-3-7-13-30(26)21-24/h2-3,6-9,12-21H,1,4-5,10-11H2. The molecule has 0 nitrogen and oxygen atoms in total. The molecule has 0 atom stereocenters. The second kappa shape index (κ2) is 8.16. The topological polar surface area (TPSA) is 0 Å². The fraction of sp³-hybridized carbons (Fsp3) is 0.133. The van der Waals surface area contributed by atoms with Crippen molar-refractivity contribution in [2.45, 2.75) is 25.7 Å². The highest BCUT2D eigenvalue weighted by Crippen LogP contribution is 2.34. The molecule has 4 aromatic rings. The Hall–Kier alpha value is -3.38. The molecular weight excluding hydrogens is 360 g/mol. The molecule has 0 aromatic heterocycles. The third kappa shape index (κ3) is 3.86. The number of fused-ring (bicyclic) bond motifs is 2. The normalized spacial score (nSPS) is 17.7. The molecule has 30 heavy (non-hydrogen) atoms. The van der Waals surface area contributed by atoms with Gasteiger partial charge >= 0.3 is 0 Å². The van der Waals surface area contributed by atoms with E-state index in [1.54, 1.807) is 0 Å². The van der Waals surface area contributed by atoms with E-state index in [0.29, 0.717) is 0 Å². The highest BCUT2D eigenvalue weighted by atomic mass is 14.2. The summed E-state index contributed by atoms with van der Waals surface area (Å²) in [4.78, 5) is 0. The largest absolute Gasteiger partial charge is 0.0912 e. The van der Waals surface area contributed by atoms with Crippen molar-refractivity contribution in [2.75, 3.05) is 0 Å². The first-order valence-electron chi connectivity index (χ1n) is 10.8. The van der Waals surface area contributed by atoms with Gasteiger partial charge in [0, 0.05) is 0 Å². The fourth-order valence-corrected chi connectivity index (χ4v) is 4.45. The summed E-state index contributed by atoms with van der Waals surface area (Å²) in [6.07, 6.45) is 9.31. The number of hydrogen-bond donors (Lipinski definition) is 0. The third-order valence-electron chi connectivity index (χ3n) is 6.15. The molecule has 1 fully saturated rings. The van der Waals surface area contributed by atoms with E-state index in [0.717, 1.165) is 12.8 Å². The van der Waals surface area contributed by atoms with Crippen molar-refractivity contribution in [3.63, 3.8) is 0 Å². The number of benzene rings is 4. The summed E-state index contributed by atoms with van der Waals surface area (Å²) in [5.41, 5.74) is 6.46. The van der Waals surface area contributed by atoms with E-state index >= 15 is 0 Å². The minimum atomic E-state index is 1.10. The van der Waals surface area contributed by atoms with Gasteiger partial charge in [-0.05, 0) is 87.2 Å². The van der Waals surface area contributed by atoms with Gasteiger partial charge in [0.1, 0.15) is 0 Å². The zero-order valence-electron chi connectivity index (χ0n) is 17.3. The molecule has 0 N–H and O–H groups in total. The van der Waals surface area contributed by atoms with Crippen LogP contribution in [0, 0.1) is 0 Å². The Labute approximate surface area is 178 Å². The SMILES string of the molecule is C=C1C(=Cc2ccc3ccccc3c2)CCCCC1=Cc1ccc2ccccc2c1. The highest BCUT2D eigenvalue weighted by molar-refractivity contribution is 5.86. The summed E-state index contributed by atoms with van der Waals surface area (Å²) in [6, 6.07) is 30.6. The lowest BCUT2D eigenvalue weighted by Gasteiger charge is -2.11. The van der Waals surface area contributed by atoms with Gasteiger partial charge in [-0.1, -0.05) is 91.5 Å². The van der Waals surface area contributed by atoms with E-state index in [1.807, 2.05) is 0 Å². The monoisotopic (exact) mass is 386 g/mol. The van der Waals surface area contributed by atoms with Gasteiger partial charge in [-0.15, -0.1) is 0 Å². The van der Waals surface area contributed by atoms with Gasteiger partial charge in [0.15, 0.2) is 0 Å². The average molecular weight is 387 g/mol. The third-order valence-corrected chi connectivity index (χ3v) is 6.15. The molecule has 5 rings (SSSR count). The Morgan fingerprint density at radius 2 is 0.967 bits per heavy atom. The first-order chi connectivity index (χ1) is 14.8. The van der Waals surface area contributed by atoms with Crippen molar-refractivity contribution < 1.29 is 0 Å². The van der Waals surface area contributed by atoms with E-state index in [-0.39, 0.29) is 0 Å². The summed E-state index contributed by atoms with van der Waals surface area (Å²) in [5.74, 6) is 0. The van der Waals surface area contributed by atoms with Crippen LogP contribution in [-0.4, -0.2) is 0 Å². The van der Waals surface area contributed by atoms with Crippen LogP contribution in [0.4, 0.5) is 0 Å². The van der Waals surface area contributed by atoms with E-state index in [4.69, 9.17) is 0 Å². The molecule has 0 bridgehead atoms. The van der Waals surface area contributed by atoms with Crippen LogP contribution in [0.15, 0.2) is 108 Å². The summed E-state index contributed by atoms with van der Waals surface area (Å²) >= 11 is 0. The van der Waals surface area contributed by atoms with Crippen molar-refractivity contribution in [3.8, 4) is 0 Å². The summed E-state index contributed by atoms with van der Waals surface area (Å²) < 4.78 is 0. The fourth-order valence-electron chi connectivity index (χ4n) is 4.45. The Morgan fingerprint density at radius 3 is 1.43 bits per heavy atom. The quantitative estimate of drug-likeness (QED) is 0.303. The van der Waals surface area contributed by atoms with Gasteiger partial charge in [-0.3, -0.25) is 0 Å². The minimum absolute atomic E-state index is 1.10. The van der Waals surface area contributed by atoms with Gasteiger partial charge in [0.2, 0.25) is 0 Å². The predicted octanol–water partition coefficient (Wildman–Crippen LogP) is 8.59. The van der Waals surface area contributed by atoms with Crippen molar-refractivity contribution >= 4 is 33.7 Å². The van der Waals surface area contributed by atoms with Crippen molar-refractivity contribution in [1.82, 2.24) is 0 Å². The van der Waals surface area contributed by atoms with Crippen molar-refractivity contribution in [2.24, 2.45) is 0 Å². The molecule has 0 heteroatoms. The van der Waals surface area contributed by atoms with Crippen LogP contribution in [0.1, 0.15) is 36.8 Å². The van der Waals surface area contributed by atoms with Crippen LogP contribution in [-0.2, 0) is 0 Å². The van der Waals surface area contributed by atoms with Crippen LogP contribution in [0.3, 0.4) is 0 Å². The lowest BCUT2D eigenvalue weighted by molar-refractivity contribution is 0.765. The second-order valence-corrected chi connectivity index (χ2v) is 8.24. The summed E-state index contributed by atoms with van der Waals surface area (Å²) in [5, 5.41) is 5.16. The molecule has 0 spiro atoms. The molecule has 0 aliphatic heterocycles. The van der Waals surface area contributed by atoms with Crippen LogP contribution >= 0.6 is 0 Å². The first-order valence-corrected chi connectivity index (χ1v) is 10.8. The van der Waals surface area contributed by atoms with Gasteiger partial charge < -0.3 is 0 Å². The smallest absolute Gasteiger partial charge is 0.0178 e. The van der Waals surface area contributed by atoms with E-state index in [9.17, 15) is 0 Å². The molecule has 0 saturated heterocycles. The second-order valence-electron chi connectivity index (χ2n) is 8.24. The van der Waals surface area contributed by atoms with Crippen LogP contribution < -0.4 is 0 Å². The van der Waals surface area contributed by atoms with Gasteiger partial charge in [-0.2, -0.15) is 0 Å². The van der Waals surface area contributed by atoms with Gasteiger partial charge in [0.05, 0.1) is 0 Å². The Morgan fingerprint density at radius 1 is 0.533 bits per heavy atom. The first kappa shape index (κ1) is 18.6. The van der Waals surface area contributed by atoms with E-state index in [2.05, 4.69) is 104 Å². The molecule has 0 radical (unpaired) electrons. The molecule has 146 valence electrons. The molecule has 0 amide bonds. The Bertz CT molecular complexity index is 1200. The Kier molecular flexibility index (Phi) is 5.07. The number of allylic oxidation sites excluding steroid dienone is 3. The molecule has 1 saturated carbocycles. The van der Waals surface area contributed by atoms with Crippen molar-refractivity contribution in [3.05, 3.63) is 119 Å². The van der Waals surface area contributed by atoms with Crippen LogP contribution in [0.2, 0.25) is 0 Å². The maximum absolute atomic E-state index is 4.52. The zero-order chi connectivity index (χ0) is 20.3. The van der Waals surface area contributed by atoms with Gasteiger partial charge in [-0.25, -0.2) is 0 Å². The summed E-state index contributed by atoms with van der Waals surface area (Å²) in [6.45, 7) is 4.52. The van der Waals surface area contributed by atoms with E-state index < -0.39 is 0 Å². The lowest BCUT2D eigenvalue weighted by Crippen LogP contribution is -1.91. The molecule has 0 unspecified atom stereocenters. The maximum atomic E-state index is 4.52. The zero-order valence-corrected chi connectivity index (χ0v) is 17.3. The predicted molar refractivity (Wildman–Crippen MR) is 131 cm³/mol. The number of rotatable bonds is 2. The average Bonchev–Trinajstić information content (AvgIpc) is 2.95. The van der Waals surface area contributed by atoms with Crippen LogP contribution in [0.5, 0.6) is 0 Å². The molecule has 0 heterocycles. The highest BCUT2D eigenvalue weighted by Gasteiger charge is 2.14. The van der Waals surface area contributed by atoms with E-state index in [1.165, 1.54) is 62.2 Å². The van der Waals surface area contributed by atoms with Crippen molar-refractivity contribution in [1.29, 1.82) is 0 Å². The number of hydrogen-bond acceptors (Lipinski definition) is 0. The molecule has 1 aliphatic rings. The summed E-state index contributed by atoms with van der Waals surface area (Å²) in [7, 11) is 0. The minimum Gasteiger partial charge on any atom is -0.0912 e. The molecule has 4 aromatic carbocycles. The lowest BCUT2D eigenvalue weighted by atomic mass is 9.94.